The summed E-state index contributed by atoms with van der Waals surface area (Å²) in [5.74, 6) is 0.265. The minimum Gasteiger partial charge on any atom is -0.365 e. The molecule has 9 nitrogen and oxygen atoms in total. The molecule has 3 heterocycles. The average molecular weight is 390 g/mol. The summed E-state index contributed by atoms with van der Waals surface area (Å²) in [6.07, 6.45) is 0.0419. The van der Waals surface area contributed by atoms with Crippen LogP contribution in [0.25, 0.3) is 0 Å². The Hall–Kier alpha value is -2.62. The number of rotatable bonds is 2. The van der Waals surface area contributed by atoms with E-state index in [2.05, 4.69) is 5.32 Å². The van der Waals surface area contributed by atoms with E-state index < -0.39 is 34.2 Å². The second-order valence-electron chi connectivity index (χ2n) is 6.81. The molecule has 142 valence electrons. The van der Waals surface area contributed by atoms with Crippen LogP contribution in [0.4, 0.5) is 16.2 Å². The number of urea groups is 1. The monoisotopic (exact) mass is 390 g/mol. The molecule has 1 spiro atoms. The smallest absolute Gasteiger partial charge is 0.330 e. The highest BCUT2D eigenvalue weighted by atomic mass is 32.2. The van der Waals surface area contributed by atoms with Crippen LogP contribution in [0.2, 0.25) is 0 Å². The van der Waals surface area contributed by atoms with E-state index in [1.165, 1.54) is 12.1 Å². The summed E-state index contributed by atoms with van der Waals surface area (Å²) >= 11 is 1.66. The van der Waals surface area contributed by atoms with Crippen LogP contribution in [0.3, 0.4) is 0 Å². The van der Waals surface area contributed by atoms with Gasteiger partial charge < -0.3 is 4.90 Å². The Morgan fingerprint density at radius 3 is 2.85 bits per heavy atom. The molecule has 1 aromatic rings. The van der Waals surface area contributed by atoms with Gasteiger partial charge in [0.05, 0.1) is 11.0 Å². The number of anilines is 1. The number of carbonyl (C=O) groups is 3. The van der Waals surface area contributed by atoms with Gasteiger partial charge in [-0.2, -0.15) is 11.8 Å². The number of amides is 4. The summed E-state index contributed by atoms with van der Waals surface area (Å²) in [7, 11) is 0. The quantitative estimate of drug-likeness (QED) is 0.458. The third-order valence-electron chi connectivity index (χ3n) is 5.56. The van der Waals surface area contributed by atoms with E-state index in [4.69, 9.17) is 0 Å². The van der Waals surface area contributed by atoms with E-state index in [9.17, 15) is 24.5 Å². The molecule has 0 aliphatic carbocycles. The summed E-state index contributed by atoms with van der Waals surface area (Å²) in [5.41, 5.74) is -0.140. The highest BCUT2D eigenvalue weighted by Crippen LogP contribution is 2.47. The van der Waals surface area contributed by atoms with E-state index >= 15 is 0 Å². The molecule has 1 aromatic carbocycles. The lowest BCUT2D eigenvalue weighted by Crippen LogP contribution is -2.73. The Kier molecular flexibility index (Phi) is 4.10. The number of barbiturate groups is 1. The van der Waals surface area contributed by atoms with Crippen molar-refractivity contribution in [3.8, 4) is 0 Å². The predicted molar refractivity (Wildman–Crippen MR) is 98.6 cm³/mol. The van der Waals surface area contributed by atoms with Gasteiger partial charge in [-0.05, 0) is 18.6 Å². The topological polar surface area (TPSA) is 113 Å². The van der Waals surface area contributed by atoms with E-state index in [-0.39, 0.29) is 18.7 Å². The molecule has 2 fully saturated rings. The lowest BCUT2D eigenvalue weighted by Gasteiger charge is -2.53. The summed E-state index contributed by atoms with van der Waals surface area (Å²) in [6, 6.07) is 3.46. The maximum Gasteiger partial charge on any atom is 0.330 e. The number of imide groups is 2. The van der Waals surface area contributed by atoms with Crippen molar-refractivity contribution in [2.24, 2.45) is 5.41 Å². The minimum absolute atomic E-state index is 0.0419. The zero-order valence-electron chi connectivity index (χ0n) is 14.6. The van der Waals surface area contributed by atoms with Gasteiger partial charge in [-0.25, -0.2) is 4.79 Å². The van der Waals surface area contributed by atoms with Crippen LogP contribution in [-0.4, -0.2) is 58.3 Å². The Morgan fingerprint density at radius 2 is 2.15 bits per heavy atom. The normalized spacial score (nSPS) is 27.3. The van der Waals surface area contributed by atoms with E-state index in [0.717, 1.165) is 16.3 Å². The number of benzene rings is 1. The highest BCUT2D eigenvalue weighted by Gasteiger charge is 2.62. The lowest BCUT2D eigenvalue weighted by molar-refractivity contribution is -0.384. The van der Waals surface area contributed by atoms with Crippen LogP contribution in [-0.2, 0) is 16.0 Å². The molecule has 27 heavy (non-hydrogen) atoms. The van der Waals surface area contributed by atoms with Gasteiger partial charge >= 0.3 is 6.03 Å². The molecule has 2 saturated heterocycles. The number of nitro benzene ring substituents is 1. The van der Waals surface area contributed by atoms with Gasteiger partial charge in [-0.15, -0.1) is 0 Å². The second kappa shape index (κ2) is 6.22. The first-order valence-electron chi connectivity index (χ1n) is 8.69. The largest absolute Gasteiger partial charge is 0.365 e. The number of carbonyl (C=O) groups excluding carboxylic acids is 3. The number of nitro groups is 1. The van der Waals surface area contributed by atoms with Crippen LogP contribution in [0.15, 0.2) is 18.2 Å². The molecule has 0 unspecified atom stereocenters. The van der Waals surface area contributed by atoms with Crippen molar-refractivity contribution in [3.05, 3.63) is 33.9 Å². The van der Waals surface area contributed by atoms with Gasteiger partial charge in [0.1, 0.15) is 0 Å². The van der Waals surface area contributed by atoms with Crippen LogP contribution in [0, 0.1) is 15.5 Å². The number of nitrogens with zero attached hydrogens (tertiary/aromatic N) is 3. The number of hydrogen-bond acceptors (Lipinski definition) is 7. The van der Waals surface area contributed by atoms with Gasteiger partial charge in [-0.3, -0.25) is 29.9 Å². The van der Waals surface area contributed by atoms with E-state index in [1.54, 1.807) is 24.8 Å². The lowest BCUT2D eigenvalue weighted by atomic mass is 9.69. The maximum atomic E-state index is 13.3. The molecule has 2 atom stereocenters. The zero-order chi connectivity index (χ0) is 19.3. The summed E-state index contributed by atoms with van der Waals surface area (Å²) in [4.78, 5) is 52.1. The average Bonchev–Trinajstić information content (AvgIpc) is 2.66. The fourth-order valence-electron chi connectivity index (χ4n) is 4.27. The Labute approximate surface area is 159 Å². The van der Waals surface area contributed by atoms with Gasteiger partial charge in [0, 0.05) is 48.8 Å². The molecule has 0 saturated carbocycles. The molecule has 0 aromatic heterocycles. The summed E-state index contributed by atoms with van der Waals surface area (Å²) in [6.45, 7) is 2.46. The molecule has 0 bridgehead atoms. The molecule has 10 heteroatoms. The van der Waals surface area contributed by atoms with Gasteiger partial charge in [0.2, 0.25) is 11.8 Å². The Morgan fingerprint density at radius 1 is 1.37 bits per heavy atom. The van der Waals surface area contributed by atoms with Gasteiger partial charge in [0.25, 0.3) is 5.69 Å². The highest BCUT2D eigenvalue weighted by molar-refractivity contribution is 7.99. The zero-order valence-corrected chi connectivity index (χ0v) is 15.5. The van der Waals surface area contributed by atoms with Crippen LogP contribution in [0.5, 0.6) is 0 Å². The molecule has 3 aliphatic heterocycles. The molecule has 0 radical (unpaired) electrons. The Bertz CT molecular complexity index is 875. The first-order valence-corrected chi connectivity index (χ1v) is 9.84. The van der Waals surface area contributed by atoms with Crippen molar-refractivity contribution in [1.82, 2.24) is 10.2 Å². The third-order valence-corrected chi connectivity index (χ3v) is 6.59. The minimum atomic E-state index is -1.46. The second-order valence-corrected chi connectivity index (χ2v) is 7.96. The van der Waals surface area contributed by atoms with Gasteiger partial charge in [-0.1, -0.05) is 0 Å². The molecule has 4 rings (SSSR count). The fraction of sp³-hybridized carbons (Fsp3) is 0.471. The van der Waals surface area contributed by atoms with Crippen molar-refractivity contribution in [3.63, 3.8) is 0 Å². The summed E-state index contributed by atoms with van der Waals surface area (Å²) in [5, 5.41) is 13.5. The van der Waals surface area contributed by atoms with E-state index in [0.29, 0.717) is 17.9 Å². The maximum absolute atomic E-state index is 13.3. The molecule has 3 aliphatic rings. The first kappa shape index (κ1) is 17.8. The molecular formula is C17H18N4O5S. The number of thioether (sulfide) groups is 1. The third kappa shape index (κ3) is 2.43. The standard InChI is InChI=1S/C17H18N4O5S/c1-2-19-15(23)17(14(22)18-16(19)24)8-10-7-11(21(25)26)3-4-12(10)20-5-6-27-9-13(17)20/h3-4,7,13H,2,5-6,8-9H2,1H3,(H,18,22,24)/t13-,17+/m1/s1. The summed E-state index contributed by atoms with van der Waals surface area (Å²) < 4.78 is 0. The van der Waals surface area contributed by atoms with Crippen molar-refractivity contribution < 1.29 is 19.3 Å². The molecular weight excluding hydrogens is 372 g/mol. The van der Waals surface area contributed by atoms with E-state index in [1.807, 2.05) is 4.90 Å². The van der Waals surface area contributed by atoms with Crippen LogP contribution >= 0.6 is 11.8 Å². The van der Waals surface area contributed by atoms with Crippen molar-refractivity contribution in [1.29, 1.82) is 0 Å². The predicted octanol–water partition coefficient (Wildman–Crippen LogP) is 1.16. The SMILES string of the molecule is CCN1C(=O)NC(=O)[C@@]2(Cc3cc([N+](=O)[O-])ccc3N3CCSC[C@@H]32)C1=O. The number of hydrogen-bond donors (Lipinski definition) is 1. The Balaban J connectivity index is 1.89. The first-order chi connectivity index (χ1) is 12.9. The number of fused-ring (bicyclic) bond motifs is 4. The van der Waals surface area contributed by atoms with Crippen molar-refractivity contribution in [2.45, 2.75) is 19.4 Å². The van der Waals surface area contributed by atoms with Gasteiger partial charge in [0.15, 0.2) is 5.41 Å². The number of nitrogens with one attached hydrogen (secondary N) is 1. The van der Waals surface area contributed by atoms with Crippen LogP contribution < -0.4 is 10.2 Å². The number of non-ortho nitro benzene ring substituents is 1. The molecule has 4 amide bonds. The van der Waals surface area contributed by atoms with Crippen molar-refractivity contribution in [2.75, 3.05) is 29.5 Å². The molecule has 1 N–H and O–H groups in total. The van der Waals surface area contributed by atoms with Crippen LogP contribution in [0.1, 0.15) is 12.5 Å². The fourth-order valence-corrected chi connectivity index (χ4v) is 5.45. The van der Waals surface area contributed by atoms with Crippen molar-refractivity contribution >= 4 is 41.0 Å².